The van der Waals surface area contributed by atoms with Crippen LogP contribution in [0.4, 0.5) is 11.5 Å². The Morgan fingerprint density at radius 2 is 2.38 bits per heavy atom. The van der Waals surface area contributed by atoms with E-state index in [2.05, 4.69) is 23.7 Å². The fourth-order valence-electron chi connectivity index (χ4n) is 1.95. The molecule has 88 valence electrons. The van der Waals surface area contributed by atoms with Crippen molar-refractivity contribution in [3.63, 3.8) is 0 Å². The number of nitrogens with zero attached hydrogens (tertiary/aromatic N) is 2. The molecule has 2 rings (SSSR count). The maximum Gasteiger partial charge on any atom is 0.125 e. The van der Waals surface area contributed by atoms with Crippen LogP contribution in [0.5, 0.6) is 0 Å². The van der Waals surface area contributed by atoms with Crippen molar-refractivity contribution in [1.82, 2.24) is 4.98 Å². The Hall–Kier alpha value is -1.29. The molecule has 0 aromatic carbocycles. The number of anilines is 2. The third-order valence-electron chi connectivity index (χ3n) is 2.97. The van der Waals surface area contributed by atoms with Crippen molar-refractivity contribution >= 4 is 11.5 Å². The molecule has 1 unspecified atom stereocenters. The standard InChI is InChI=1S/C12H19N3O/c1-9(2)11-8-15(5-6-16-11)10-3-4-14-12(13)7-10/h3-4,7,9,11H,5-6,8H2,1-2H3,(H2,13,14). The first-order valence-corrected chi connectivity index (χ1v) is 5.75. The summed E-state index contributed by atoms with van der Waals surface area (Å²) in [5.74, 6) is 1.12. The highest BCUT2D eigenvalue weighted by atomic mass is 16.5. The van der Waals surface area contributed by atoms with E-state index in [0.717, 1.165) is 25.4 Å². The number of nitrogen functional groups attached to an aromatic ring is 1. The maximum atomic E-state index is 5.73. The second-order valence-electron chi connectivity index (χ2n) is 4.54. The highest BCUT2D eigenvalue weighted by molar-refractivity contribution is 5.52. The Kier molecular flexibility index (Phi) is 3.29. The number of morpholine rings is 1. The molecule has 1 aliphatic rings. The number of rotatable bonds is 2. The summed E-state index contributed by atoms with van der Waals surface area (Å²) < 4.78 is 5.73. The molecule has 1 aromatic heterocycles. The van der Waals surface area contributed by atoms with Gasteiger partial charge < -0.3 is 15.4 Å². The van der Waals surface area contributed by atoms with E-state index in [4.69, 9.17) is 10.5 Å². The topological polar surface area (TPSA) is 51.4 Å². The number of hydrogen-bond donors (Lipinski definition) is 1. The summed E-state index contributed by atoms with van der Waals surface area (Å²) in [7, 11) is 0. The fraction of sp³-hybridized carbons (Fsp3) is 0.583. The largest absolute Gasteiger partial charge is 0.384 e. The quantitative estimate of drug-likeness (QED) is 0.822. The minimum absolute atomic E-state index is 0.308. The molecule has 0 radical (unpaired) electrons. The van der Waals surface area contributed by atoms with Crippen molar-refractivity contribution in [2.24, 2.45) is 5.92 Å². The van der Waals surface area contributed by atoms with Gasteiger partial charge in [-0.1, -0.05) is 13.8 Å². The molecule has 2 N–H and O–H groups in total. The first-order valence-electron chi connectivity index (χ1n) is 5.75. The first-order chi connectivity index (χ1) is 7.66. The highest BCUT2D eigenvalue weighted by Gasteiger charge is 2.23. The lowest BCUT2D eigenvalue weighted by Gasteiger charge is -2.36. The van der Waals surface area contributed by atoms with Crippen LogP contribution in [0.25, 0.3) is 0 Å². The molecule has 0 spiro atoms. The van der Waals surface area contributed by atoms with Gasteiger partial charge in [-0.25, -0.2) is 4.98 Å². The Morgan fingerprint density at radius 1 is 1.56 bits per heavy atom. The number of nitrogens with two attached hydrogens (primary N) is 1. The van der Waals surface area contributed by atoms with Gasteiger partial charge in [0, 0.05) is 31.0 Å². The van der Waals surface area contributed by atoms with Crippen LogP contribution in [0.1, 0.15) is 13.8 Å². The van der Waals surface area contributed by atoms with Gasteiger partial charge in [0.25, 0.3) is 0 Å². The van der Waals surface area contributed by atoms with Crippen LogP contribution in [0.15, 0.2) is 18.3 Å². The predicted octanol–water partition coefficient (Wildman–Crippen LogP) is 1.52. The molecule has 1 atom stereocenters. The van der Waals surface area contributed by atoms with Crippen molar-refractivity contribution in [1.29, 1.82) is 0 Å². The van der Waals surface area contributed by atoms with E-state index in [1.165, 1.54) is 0 Å². The Balaban J connectivity index is 2.09. The molecule has 0 bridgehead atoms. The zero-order chi connectivity index (χ0) is 11.5. The van der Waals surface area contributed by atoms with Gasteiger partial charge in [-0.15, -0.1) is 0 Å². The highest BCUT2D eigenvalue weighted by Crippen LogP contribution is 2.21. The number of ether oxygens (including phenoxy) is 1. The van der Waals surface area contributed by atoms with E-state index >= 15 is 0 Å². The summed E-state index contributed by atoms with van der Waals surface area (Å²) >= 11 is 0. The average molecular weight is 221 g/mol. The molecule has 1 aliphatic heterocycles. The van der Waals surface area contributed by atoms with Crippen LogP contribution in [0, 0.1) is 5.92 Å². The van der Waals surface area contributed by atoms with E-state index < -0.39 is 0 Å². The molecule has 4 nitrogen and oxygen atoms in total. The van der Waals surface area contributed by atoms with E-state index in [1.807, 2.05) is 12.1 Å². The summed E-state index contributed by atoms with van der Waals surface area (Å²) in [5, 5.41) is 0. The zero-order valence-electron chi connectivity index (χ0n) is 9.89. The number of hydrogen-bond acceptors (Lipinski definition) is 4. The molecule has 2 heterocycles. The second kappa shape index (κ2) is 4.70. The van der Waals surface area contributed by atoms with Gasteiger partial charge in [-0.3, -0.25) is 0 Å². The summed E-state index contributed by atoms with van der Waals surface area (Å²) in [6, 6.07) is 3.92. The average Bonchev–Trinajstić information content (AvgIpc) is 2.29. The maximum absolute atomic E-state index is 5.73. The van der Waals surface area contributed by atoms with Gasteiger partial charge in [0.1, 0.15) is 5.82 Å². The minimum Gasteiger partial charge on any atom is -0.384 e. The number of pyridine rings is 1. The Labute approximate surface area is 96.4 Å². The number of aromatic nitrogens is 1. The van der Waals surface area contributed by atoms with Gasteiger partial charge in [-0.05, 0) is 12.0 Å². The molecule has 0 amide bonds. The summed E-state index contributed by atoms with van der Waals surface area (Å²) in [6.07, 6.45) is 2.06. The molecule has 1 aromatic rings. The van der Waals surface area contributed by atoms with E-state index in [9.17, 15) is 0 Å². The molecule has 0 saturated carbocycles. The smallest absolute Gasteiger partial charge is 0.125 e. The molecular weight excluding hydrogens is 202 g/mol. The van der Waals surface area contributed by atoms with Crippen LogP contribution in [0.2, 0.25) is 0 Å². The van der Waals surface area contributed by atoms with Crippen LogP contribution in [-0.2, 0) is 4.74 Å². The second-order valence-corrected chi connectivity index (χ2v) is 4.54. The van der Waals surface area contributed by atoms with Gasteiger partial charge in [-0.2, -0.15) is 0 Å². The molecule has 16 heavy (non-hydrogen) atoms. The lowest BCUT2D eigenvalue weighted by Crippen LogP contribution is -2.44. The van der Waals surface area contributed by atoms with Crippen LogP contribution in [0.3, 0.4) is 0 Å². The monoisotopic (exact) mass is 221 g/mol. The van der Waals surface area contributed by atoms with E-state index in [0.29, 0.717) is 17.8 Å². The Morgan fingerprint density at radius 3 is 3.06 bits per heavy atom. The molecule has 1 saturated heterocycles. The normalized spacial score (nSPS) is 21.4. The van der Waals surface area contributed by atoms with Gasteiger partial charge >= 0.3 is 0 Å². The first kappa shape index (κ1) is 11.2. The van der Waals surface area contributed by atoms with Crippen LogP contribution in [-0.4, -0.2) is 30.8 Å². The van der Waals surface area contributed by atoms with Crippen molar-refractivity contribution in [3.05, 3.63) is 18.3 Å². The van der Waals surface area contributed by atoms with Crippen molar-refractivity contribution in [2.45, 2.75) is 20.0 Å². The van der Waals surface area contributed by atoms with Crippen molar-refractivity contribution < 1.29 is 4.74 Å². The summed E-state index contributed by atoms with van der Waals surface area (Å²) in [5.41, 5.74) is 6.83. The summed E-state index contributed by atoms with van der Waals surface area (Å²) in [4.78, 5) is 6.32. The summed E-state index contributed by atoms with van der Waals surface area (Å²) in [6.45, 7) is 7.02. The van der Waals surface area contributed by atoms with Crippen molar-refractivity contribution in [2.75, 3.05) is 30.3 Å². The van der Waals surface area contributed by atoms with Crippen LogP contribution < -0.4 is 10.6 Å². The lowest BCUT2D eigenvalue weighted by molar-refractivity contribution is 0.0114. The molecule has 4 heteroatoms. The van der Waals surface area contributed by atoms with Crippen LogP contribution >= 0.6 is 0 Å². The third kappa shape index (κ3) is 2.44. The van der Waals surface area contributed by atoms with Crippen molar-refractivity contribution in [3.8, 4) is 0 Å². The molecule has 1 fully saturated rings. The predicted molar refractivity (Wildman–Crippen MR) is 65.4 cm³/mol. The molecule has 0 aliphatic carbocycles. The van der Waals surface area contributed by atoms with Gasteiger partial charge in [0.2, 0.25) is 0 Å². The SMILES string of the molecule is CC(C)C1CN(c2ccnc(N)c2)CCO1. The fourth-order valence-corrected chi connectivity index (χ4v) is 1.95. The third-order valence-corrected chi connectivity index (χ3v) is 2.97. The lowest BCUT2D eigenvalue weighted by atomic mass is 10.1. The van der Waals surface area contributed by atoms with Gasteiger partial charge in [0.15, 0.2) is 0 Å². The van der Waals surface area contributed by atoms with E-state index in [1.54, 1.807) is 6.20 Å². The molecular formula is C12H19N3O. The minimum atomic E-state index is 0.308. The van der Waals surface area contributed by atoms with E-state index in [-0.39, 0.29) is 0 Å². The van der Waals surface area contributed by atoms with Gasteiger partial charge in [0.05, 0.1) is 12.7 Å². The Bertz CT molecular complexity index is 354. The zero-order valence-corrected chi connectivity index (χ0v) is 9.89.